The standard InChI is InChI=1S/C17H26ClN3/c1-12(19)15-6-5-14(10-16(15)18)21-9-7-17-13(11-21)4-3-8-20(17)2/h5-6,10,12-13,17H,3-4,7-9,11,19H2,1-2H3. The molecule has 21 heavy (non-hydrogen) atoms. The summed E-state index contributed by atoms with van der Waals surface area (Å²) in [5.74, 6) is 0.796. The lowest BCUT2D eigenvalue weighted by Crippen LogP contribution is -2.52. The van der Waals surface area contributed by atoms with E-state index in [-0.39, 0.29) is 6.04 Å². The first-order valence-corrected chi connectivity index (χ1v) is 8.44. The highest BCUT2D eigenvalue weighted by atomic mass is 35.5. The maximum absolute atomic E-state index is 6.39. The predicted molar refractivity (Wildman–Crippen MR) is 90.0 cm³/mol. The topological polar surface area (TPSA) is 32.5 Å². The number of rotatable bonds is 2. The van der Waals surface area contributed by atoms with Gasteiger partial charge in [0.05, 0.1) is 0 Å². The van der Waals surface area contributed by atoms with Crippen LogP contribution in [-0.4, -0.2) is 37.6 Å². The molecule has 2 saturated heterocycles. The molecule has 2 aliphatic heterocycles. The van der Waals surface area contributed by atoms with E-state index in [0.29, 0.717) is 0 Å². The third kappa shape index (κ3) is 3.05. The van der Waals surface area contributed by atoms with Gasteiger partial charge in [0.25, 0.3) is 0 Å². The van der Waals surface area contributed by atoms with Crippen LogP contribution in [0.25, 0.3) is 0 Å². The van der Waals surface area contributed by atoms with Crippen molar-refractivity contribution in [2.24, 2.45) is 11.7 Å². The molecule has 0 aliphatic carbocycles. The van der Waals surface area contributed by atoms with E-state index in [1.807, 2.05) is 6.92 Å². The summed E-state index contributed by atoms with van der Waals surface area (Å²) in [5, 5.41) is 0.797. The molecule has 2 N–H and O–H groups in total. The van der Waals surface area contributed by atoms with Crippen LogP contribution in [0.5, 0.6) is 0 Å². The lowest BCUT2D eigenvalue weighted by molar-refractivity contribution is 0.102. The van der Waals surface area contributed by atoms with Gasteiger partial charge in [-0.2, -0.15) is 0 Å². The maximum Gasteiger partial charge on any atom is 0.0474 e. The summed E-state index contributed by atoms with van der Waals surface area (Å²) >= 11 is 6.39. The minimum absolute atomic E-state index is 0.00993. The average Bonchev–Trinajstić information content (AvgIpc) is 2.46. The zero-order chi connectivity index (χ0) is 15.0. The van der Waals surface area contributed by atoms with Gasteiger partial charge in [-0.05, 0) is 63.4 Å². The van der Waals surface area contributed by atoms with Gasteiger partial charge in [0.2, 0.25) is 0 Å². The molecule has 116 valence electrons. The van der Waals surface area contributed by atoms with E-state index in [1.165, 1.54) is 31.5 Å². The number of hydrogen-bond donors (Lipinski definition) is 1. The summed E-state index contributed by atoms with van der Waals surface area (Å²) in [7, 11) is 2.28. The smallest absolute Gasteiger partial charge is 0.0474 e. The van der Waals surface area contributed by atoms with Crippen molar-refractivity contribution in [2.75, 3.05) is 31.6 Å². The van der Waals surface area contributed by atoms with Gasteiger partial charge in [0.15, 0.2) is 0 Å². The fourth-order valence-electron chi connectivity index (χ4n) is 3.97. The van der Waals surface area contributed by atoms with Crippen LogP contribution in [0.3, 0.4) is 0 Å². The van der Waals surface area contributed by atoms with E-state index in [4.69, 9.17) is 17.3 Å². The SMILES string of the molecule is CC(N)c1ccc(N2CCC3C(CCCN3C)C2)cc1Cl. The van der Waals surface area contributed by atoms with E-state index in [2.05, 4.69) is 35.0 Å². The minimum Gasteiger partial charge on any atom is -0.371 e. The first-order valence-electron chi connectivity index (χ1n) is 8.06. The summed E-state index contributed by atoms with van der Waals surface area (Å²) in [6, 6.07) is 7.12. The monoisotopic (exact) mass is 307 g/mol. The average molecular weight is 308 g/mol. The first kappa shape index (κ1) is 15.1. The van der Waals surface area contributed by atoms with Gasteiger partial charge < -0.3 is 15.5 Å². The molecular formula is C17H26ClN3. The predicted octanol–water partition coefficient (Wildman–Crippen LogP) is 3.28. The summed E-state index contributed by atoms with van der Waals surface area (Å²) in [5.41, 5.74) is 8.22. The molecule has 3 nitrogen and oxygen atoms in total. The summed E-state index contributed by atoms with van der Waals surface area (Å²) in [4.78, 5) is 5.05. The van der Waals surface area contributed by atoms with E-state index in [1.54, 1.807) is 0 Å². The fraction of sp³-hybridized carbons (Fsp3) is 0.647. The second kappa shape index (κ2) is 6.15. The molecule has 0 saturated carbocycles. The zero-order valence-corrected chi connectivity index (χ0v) is 13.8. The molecule has 0 bridgehead atoms. The van der Waals surface area contributed by atoms with Gasteiger partial charge in [-0.1, -0.05) is 17.7 Å². The second-order valence-corrected chi connectivity index (χ2v) is 7.09. The molecular weight excluding hydrogens is 282 g/mol. The van der Waals surface area contributed by atoms with Crippen molar-refractivity contribution in [3.63, 3.8) is 0 Å². The fourth-order valence-corrected chi connectivity index (χ4v) is 4.32. The molecule has 0 spiro atoms. The molecule has 3 atom stereocenters. The summed E-state index contributed by atoms with van der Waals surface area (Å²) in [6.07, 6.45) is 3.95. The molecule has 0 aromatic heterocycles. The number of piperidine rings is 2. The van der Waals surface area contributed by atoms with E-state index >= 15 is 0 Å². The van der Waals surface area contributed by atoms with Gasteiger partial charge in [0.1, 0.15) is 0 Å². The largest absolute Gasteiger partial charge is 0.371 e. The Morgan fingerprint density at radius 2 is 2.10 bits per heavy atom. The number of fused-ring (bicyclic) bond motifs is 1. The number of nitrogens with zero attached hydrogens (tertiary/aromatic N) is 2. The zero-order valence-electron chi connectivity index (χ0n) is 13.1. The first-order chi connectivity index (χ1) is 10.1. The maximum atomic E-state index is 6.39. The van der Waals surface area contributed by atoms with Gasteiger partial charge in [-0.25, -0.2) is 0 Å². The highest BCUT2D eigenvalue weighted by molar-refractivity contribution is 6.31. The molecule has 2 aliphatic rings. The van der Waals surface area contributed by atoms with Gasteiger partial charge >= 0.3 is 0 Å². The Balaban J connectivity index is 1.75. The molecule has 1 aromatic carbocycles. The molecule has 3 unspecified atom stereocenters. The number of hydrogen-bond acceptors (Lipinski definition) is 3. The lowest BCUT2D eigenvalue weighted by atomic mass is 9.84. The van der Waals surface area contributed by atoms with Crippen LogP contribution >= 0.6 is 11.6 Å². The van der Waals surface area contributed by atoms with E-state index in [0.717, 1.165) is 35.6 Å². The Bertz CT molecular complexity index is 503. The lowest BCUT2D eigenvalue weighted by Gasteiger charge is -2.46. The van der Waals surface area contributed by atoms with Gasteiger partial charge in [0, 0.05) is 35.9 Å². The second-order valence-electron chi connectivity index (χ2n) is 6.68. The van der Waals surface area contributed by atoms with Crippen LogP contribution < -0.4 is 10.6 Å². The molecule has 3 rings (SSSR count). The Morgan fingerprint density at radius 1 is 1.29 bits per heavy atom. The molecule has 0 radical (unpaired) electrons. The number of halogens is 1. The van der Waals surface area contributed by atoms with Crippen molar-refractivity contribution in [1.82, 2.24) is 4.90 Å². The molecule has 0 amide bonds. The van der Waals surface area contributed by atoms with Crippen molar-refractivity contribution in [2.45, 2.75) is 38.3 Å². The number of nitrogens with two attached hydrogens (primary N) is 1. The van der Waals surface area contributed by atoms with Crippen LogP contribution in [0, 0.1) is 5.92 Å². The number of benzene rings is 1. The Hall–Kier alpha value is -0.770. The van der Waals surface area contributed by atoms with E-state index < -0.39 is 0 Å². The molecule has 2 heterocycles. The Labute approximate surface area is 133 Å². The van der Waals surface area contributed by atoms with Gasteiger partial charge in [-0.3, -0.25) is 0 Å². The third-order valence-electron chi connectivity index (χ3n) is 5.19. The van der Waals surface area contributed by atoms with Crippen molar-refractivity contribution in [3.8, 4) is 0 Å². The Kier molecular flexibility index (Phi) is 4.43. The van der Waals surface area contributed by atoms with E-state index in [9.17, 15) is 0 Å². The van der Waals surface area contributed by atoms with Crippen molar-refractivity contribution >= 4 is 17.3 Å². The van der Waals surface area contributed by atoms with Crippen molar-refractivity contribution < 1.29 is 0 Å². The van der Waals surface area contributed by atoms with Crippen molar-refractivity contribution in [3.05, 3.63) is 28.8 Å². The van der Waals surface area contributed by atoms with Crippen molar-refractivity contribution in [1.29, 1.82) is 0 Å². The number of likely N-dealkylation sites (tertiary alicyclic amines) is 1. The summed E-state index contributed by atoms with van der Waals surface area (Å²) in [6.45, 7) is 5.52. The highest BCUT2D eigenvalue weighted by Gasteiger charge is 2.34. The Morgan fingerprint density at radius 3 is 2.81 bits per heavy atom. The highest BCUT2D eigenvalue weighted by Crippen LogP contribution is 2.34. The van der Waals surface area contributed by atoms with Crippen LogP contribution in [-0.2, 0) is 0 Å². The number of anilines is 1. The van der Waals surface area contributed by atoms with Crippen LogP contribution in [0.15, 0.2) is 18.2 Å². The van der Waals surface area contributed by atoms with Crippen LogP contribution in [0.1, 0.15) is 37.8 Å². The third-order valence-corrected chi connectivity index (χ3v) is 5.51. The normalized spacial score (nSPS) is 28.3. The van der Waals surface area contributed by atoms with Crippen LogP contribution in [0.4, 0.5) is 5.69 Å². The minimum atomic E-state index is -0.00993. The molecule has 2 fully saturated rings. The molecule has 4 heteroatoms. The summed E-state index contributed by atoms with van der Waals surface area (Å²) < 4.78 is 0. The quantitative estimate of drug-likeness (QED) is 0.910. The van der Waals surface area contributed by atoms with Crippen LogP contribution in [0.2, 0.25) is 5.02 Å². The van der Waals surface area contributed by atoms with Gasteiger partial charge in [-0.15, -0.1) is 0 Å². The molecule has 1 aromatic rings.